The predicted molar refractivity (Wildman–Crippen MR) is 83.1 cm³/mol. The Morgan fingerprint density at radius 1 is 1.17 bits per heavy atom. The quantitative estimate of drug-likeness (QED) is 0.523. The number of hydrogen-bond acceptors (Lipinski definition) is 1. The van der Waals surface area contributed by atoms with Crippen LogP contribution in [0.15, 0.2) is 48.4 Å². The van der Waals surface area contributed by atoms with Crippen molar-refractivity contribution >= 4 is 13.6 Å². The Hall–Kier alpha value is -1.28. The molecule has 0 N–H and O–H groups in total. The lowest BCUT2D eigenvalue weighted by Crippen LogP contribution is -2.16. The summed E-state index contributed by atoms with van der Waals surface area (Å²) in [6.07, 6.45) is 4.84. The Morgan fingerprint density at radius 3 is 2.39 bits per heavy atom. The van der Waals surface area contributed by atoms with E-state index < -0.39 is 8.07 Å². The molecule has 1 rings (SSSR count). The zero-order chi connectivity index (χ0) is 13.4. The zero-order valence-corrected chi connectivity index (χ0v) is 12.9. The zero-order valence-electron chi connectivity index (χ0n) is 11.9. The Bertz CT molecular complexity index is 399. The summed E-state index contributed by atoms with van der Waals surface area (Å²) in [7, 11) is -1.21. The molecule has 1 nitrogen and oxygen atoms in total. The van der Waals surface area contributed by atoms with Crippen LogP contribution in [-0.2, 0) is 4.74 Å². The molecule has 0 radical (unpaired) electrons. The molecule has 0 unspecified atom stereocenters. The van der Waals surface area contributed by atoms with Crippen LogP contribution in [0.3, 0.4) is 0 Å². The molecule has 0 atom stereocenters. The minimum atomic E-state index is -1.21. The highest BCUT2D eigenvalue weighted by Crippen LogP contribution is 2.21. The lowest BCUT2D eigenvalue weighted by molar-refractivity contribution is 0.268. The van der Waals surface area contributed by atoms with Gasteiger partial charge in [-0.25, -0.2) is 0 Å². The van der Waals surface area contributed by atoms with Crippen LogP contribution in [-0.4, -0.2) is 14.7 Å². The van der Waals surface area contributed by atoms with Gasteiger partial charge < -0.3 is 4.74 Å². The Morgan fingerprint density at radius 2 is 1.83 bits per heavy atom. The molecular weight excluding hydrogens is 236 g/mol. The van der Waals surface area contributed by atoms with Gasteiger partial charge in [0, 0.05) is 0 Å². The van der Waals surface area contributed by atoms with Gasteiger partial charge in [-0.3, -0.25) is 0 Å². The maximum absolute atomic E-state index is 5.25. The van der Waals surface area contributed by atoms with E-state index in [2.05, 4.69) is 61.7 Å². The van der Waals surface area contributed by atoms with Gasteiger partial charge >= 0.3 is 0 Å². The number of ether oxygens (including phenoxy) is 1. The maximum Gasteiger partial charge on any atom is 0.0845 e. The summed E-state index contributed by atoms with van der Waals surface area (Å²) in [5.74, 6) is 0. The minimum absolute atomic E-state index is 0.731. The van der Waals surface area contributed by atoms with Crippen molar-refractivity contribution in [3.63, 3.8) is 0 Å². The summed E-state index contributed by atoms with van der Waals surface area (Å²) in [6, 6.07) is 10.6. The van der Waals surface area contributed by atoms with Gasteiger partial charge in [0.05, 0.1) is 20.9 Å². The van der Waals surface area contributed by atoms with Gasteiger partial charge in [0.15, 0.2) is 0 Å². The third kappa shape index (κ3) is 5.87. The highest BCUT2D eigenvalue weighted by Gasteiger charge is 2.11. The second-order valence-electron chi connectivity index (χ2n) is 5.43. The van der Waals surface area contributed by atoms with Crippen molar-refractivity contribution in [3.05, 3.63) is 53.9 Å². The number of allylic oxidation sites excluding steroid dienone is 2. The minimum Gasteiger partial charge on any atom is -0.502 e. The number of benzene rings is 1. The number of rotatable bonds is 6. The topological polar surface area (TPSA) is 9.23 Å². The van der Waals surface area contributed by atoms with Crippen LogP contribution in [0, 0.1) is 0 Å². The fraction of sp³-hybridized carbons (Fsp3) is 0.375. The molecule has 0 saturated carbocycles. The first kappa shape index (κ1) is 14.8. The molecule has 0 bridgehead atoms. The van der Waals surface area contributed by atoms with E-state index in [4.69, 9.17) is 4.74 Å². The second kappa shape index (κ2) is 7.22. The molecule has 0 spiro atoms. The van der Waals surface area contributed by atoms with E-state index in [-0.39, 0.29) is 0 Å². The van der Waals surface area contributed by atoms with Gasteiger partial charge in [0.25, 0.3) is 0 Å². The van der Waals surface area contributed by atoms with Crippen molar-refractivity contribution < 1.29 is 4.74 Å². The molecule has 0 aromatic heterocycles. The SMILES string of the molecule is CCO/C=C\C/C(=C/[Si](C)(C)C)c1ccccc1. The molecule has 18 heavy (non-hydrogen) atoms. The van der Waals surface area contributed by atoms with Crippen molar-refractivity contribution in [2.24, 2.45) is 0 Å². The van der Waals surface area contributed by atoms with E-state index in [0.29, 0.717) is 0 Å². The predicted octanol–water partition coefficient (Wildman–Crippen LogP) is 4.89. The lowest BCUT2D eigenvalue weighted by Gasteiger charge is -2.14. The standard InChI is InChI=1S/C16H24OSi/c1-5-17-13-9-12-16(14-18(2,3)4)15-10-7-6-8-11-15/h6-11,13-14H,5,12H2,1-4H3/b13-9-,16-14-. The summed E-state index contributed by atoms with van der Waals surface area (Å²) in [6.45, 7) is 9.82. The van der Waals surface area contributed by atoms with Gasteiger partial charge in [-0.1, -0.05) is 55.7 Å². The van der Waals surface area contributed by atoms with Crippen LogP contribution in [0.4, 0.5) is 0 Å². The largest absolute Gasteiger partial charge is 0.502 e. The van der Waals surface area contributed by atoms with E-state index in [9.17, 15) is 0 Å². The third-order valence-corrected chi connectivity index (χ3v) is 3.66. The van der Waals surface area contributed by atoms with Crippen LogP contribution in [0.5, 0.6) is 0 Å². The fourth-order valence-corrected chi connectivity index (χ4v) is 3.10. The molecule has 0 heterocycles. The smallest absolute Gasteiger partial charge is 0.0845 e. The first-order chi connectivity index (χ1) is 8.53. The summed E-state index contributed by atoms with van der Waals surface area (Å²) in [5.41, 5.74) is 5.20. The molecule has 0 aliphatic rings. The molecule has 0 amide bonds. The van der Waals surface area contributed by atoms with E-state index >= 15 is 0 Å². The van der Waals surface area contributed by atoms with E-state index in [1.165, 1.54) is 11.1 Å². The average molecular weight is 260 g/mol. The molecule has 98 valence electrons. The molecular formula is C16H24OSi. The molecule has 2 heteroatoms. The first-order valence-corrected chi connectivity index (χ1v) is 10.1. The van der Waals surface area contributed by atoms with Crippen molar-refractivity contribution in [2.75, 3.05) is 6.61 Å². The molecule has 1 aromatic carbocycles. The molecule has 0 aliphatic heterocycles. The highest BCUT2D eigenvalue weighted by atomic mass is 28.3. The van der Waals surface area contributed by atoms with E-state index in [1.807, 2.05) is 6.92 Å². The molecule has 0 saturated heterocycles. The van der Waals surface area contributed by atoms with Crippen LogP contribution in [0.1, 0.15) is 18.9 Å². The van der Waals surface area contributed by atoms with Gasteiger partial charge in [0.1, 0.15) is 0 Å². The fourth-order valence-electron chi connectivity index (χ4n) is 1.77. The molecule has 0 aliphatic carbocycles. The van der Waals surface area contributed by atoms with Crippen LogP contribution in [0.25, 0.3) is 5.57 Å². The highest BCUT2D eigenvalue weighted by molar-refractivity contribution is 6.81. The summed E-state index contributed by atoms with van der Waals surface area (Å²) in [5, 5.41) is 0. The van der Waals surface area contributed by atoms with Gasteiger partial charge in [-0.15, -0.1) is 0 Å². The van der Waals surface area contributed by atoms with Gasteiger partial charge in [-0.05, 0) is 30.6 Å². The summed E-state index contributed by atoms with van der Waals surface area (Å²) in [4.78, 5) is 0. The summed E-state index contributed by atoms with van der Waals surface area (Å²) >= 11 is 0. The number of hydrogen-bond donors (Lipinski definition) is 0. The molecule has 1 aromatic rings. The monoisotopic (exact) mass is 260 g/mol. The maximum atomic E-state index is 5.25. The molecule has 0 fully saturated rings. The van der Waals surface area contributed by atoms with Crippen LogP contribution in [0.2, 0.25) is 19.6 Å². The summed E-state index contributed by atoms with van der Waals surface area (Å²) < 4.78 is 5.25. The van der Waals surface area contributed by atoms with E-state index in [0.717, 1.165) is 13.0 Å². The van der Waals surface area contributed by atoms with Crippen molar-refractivity contribution in [2.45, 2.75) is 33.0 Å². The van der Waals surface area contributed by atoms with Crippen molar-refractivity contribution in [3.8, 4) is 0 Å². The van der Waals surface area contributed by atoms with Crippen LogP contribution >= 0.6 is 0 Å². The van der Waals surface area contributed by atoms with Gasteiger partial charge in [0.2, 0.25) is 0 Å². The van der Waals surface area contributed by atoms with Crippen molar-refractivity contribution in [1.29, 1.82) is 0 Å². The Labute approximate surface area is 112 Å². The Balaban J connectivity index is 2.87. The first-order valence-electron chi connectivity index (χ1n) is 6.56. The normalized spacial score (nSPS) is 13.0. The average Bonchev–Trinajstić information content (AvgIpc) is 2.33. The van der Waals surface area contributed by atoms with Crippen LogP contribution < -0.4 is 0 Å². The third-order valence-electron chi connectivity index (χ3n) is 2.45. The van der Waals surface area contributed by atoms with Gasteiger partial charge in [-0.2, -0.15) is 0 Å². The lowest BCUT2D eigenvalue weighted by atomic mass is 10.1. The Kier molecular flexibility index (Phi) is 5.93. The van der Waals surface area contributed by atoms with E-state index in [1.54, 1.807) is 6.26 Å². The second-order valence-corrected chi connectivity index (χ2v) is 10.5. The van der Waals surface area contributed by atoms with Crippen molar-refractivity contribution in [1.82, 2.24) is 0 Å².